The summed E-state index contributed by atoms with van der Waals surface area (Å²) in [5.41, 5.74) is 9.03. The van der Waals surface area contributed by atoms with Crippen molar-refractivity contribution in [3.05, 3.63) is 35.4 Å². The van der Waals surface area contributed by atoms with Gasteiger partial charge < -0.3 is 10.6 Å². The third-order valence-corrected chi connectivity index (χ3v) is 5.15. The number of hydrogen-bond acceptors (Lipinski definition) is 2. The second kappa shape index (κ2) is 7.95. The molecule has 0 bridgehead atoms. The van der Waals surface area contributed by atoms with E-state index in [4.69, 9.17) is 5.73 Å². The van der Waals surface area contributed by atoms with E-state index in [0.29, 0.717) is 0 Å². The molecule has 0 aliphatic carbocycles. The first-order valence-corrected chi connectivity index (χ1v) is 8.61. The molecule has 1 fully saturated rings. The van der Waals surface area contributed by atoms with E-state index in [-0.39, 0.29) is 6.04 Å². The van der Waals surface area contributed by atoms with Gasteiger partial charge in [0.15, 0.2) is 0 Å². The first-order valence-electron chi connectivity index (χ1n) is 8.61. The molecule has 1 aliphatic heterocycles. The van der Waals surface area contributed by atoms with E-state index in [2.05, 4.69) is 49.9 Å². The maximum Gasteiger partial charge on any atom is 0.0309 e. The molecule has 2 heteroatoms. The number of hydrogen-bond donors (Lipinski definition) is 1. The van der Waals surface area contributed by atoms with Gasteiger partial charge in [-0.05, 0) is 75.2 Å². The van der Waals surface area contributed by atoms with Crippen LogP contribution in [0.3, 0.4) is 0 Å². The highest BCUT2D eigenvalue weighted by atomic mass is 15.1. The molecule has 1 aromatic carbocycles. The normalized spacial score (nSPS) is 22.2. The highest BCUT2D eigenvalue weighted by molar-refractivity contribution is 5.28. The second-order valence-electron chi connectivity index (χ2n) is 7.03. The van der Waals surface area contributed by atoms with Crippen molar-refractivity contribution in [1.29, 1.82) is 0 Å². The van der Waals surface area contributed by atoms with Crippen LogP contribution < -0.4 is 5.73 Å². The Bertz CT molecular complexity index is 427. The summed E-state index contributed by atoms with van der Waals surface area (Å²) >= 11 is 0. The number of aryl methyl sites for hydroxylation is 1. The predicted molar refractivity (Wildman–Crippen MR) is 91.3 cm³/mol. The fraction of sp³-hybridized carbons (Fsp3) is 0.684. The van der Waals surface area contributed by atoms with Crippen LogP contribution in [0, 0.1) is 18.8 Å². The lowest BCUT2D eigenvalue weighted by atomic mass is 9.89. The molecular weight excluding hydrogens is 256 g/mol. The summed E-state index contributed by atoms with van der Waals surface area (Å²) in [5.74, 6) is 1.75. The van der Waals surface area contributed by atoms with Crippen LogP contribution in [-0.2, 0) is 0 Å². The summed E-state index contributed by atoms with van der Waals surface area (Å²) < 4.78 is 0. The summed E-state index contributed by atoms with van der Waals surface area (Å²) in [6, 6.07) is 8.70. The molecule has 118 valence electrons. The molecular formula is C19H32N2. The summed E-state index contributed by atoms with van der Waals surface area (Å²) in [7, 11) is 0. The Labute approximate surface area is 130 Å². The third kappa shape index (κ3) is 4.82. The van der Waals surface area contributed by atoms with Crippen molar-refractivity contribution in [2.75, 3.05) is 19.6 Å². The number of rotatable bonds is 5. The van der Waals surface area contributed by atoms with Gasteiger partial charge in [-0.1, -0.05) is 38.1 Å². The van der Waals surface area contributed by atoms with Gasteiger partial charge in [-0.2, -0.15) is 0 Å². The van der Waals surface area contributed by atoms with Gasteiger partial charge in [0.1, 0.15) is 0 Å². The van der Waals surface area contributed by atoms with Crippen LogP contribution >= 0.6 is 0 Å². The highest BCUT2D eigenvalue weighted by Crippen LogP contribution is 2.25. The molecule has 2 atom stereocenters. The molecule has 0 saturated carbocycles. The van der Waals surface area contributed by atoms with Crippen molar-refractivity contribution in [2.45, 2.75) is 52.5 Å². The fourth-order valence-corrected chi connectivity index (χ4v) is 3.55. The van der Waals surface area contributed by atoms with Gasteiger partial charge in [-0.15, -0.1) is 0 Å². The van der Waals surface area contributed by atoms with Crippen molar-refractivity contribution in [2.24, 2.45) is 17.6 Å². The van der Waals surface area contributed by atoms with Crippen molar-refractivity contribution in [3.8, 4) is 0 Å². The van der Waals surface area contributed by atoms with E-state index in [9.17, 15) is 0 Å². The second-order valence-corrected chi connectivity index (χ2v) is 7.03. The lowest BCUT2D eigenvalue weighted by Gasteiger charge is -2.23. The van der Waals surface area contributed by atoms with Crippen LogP contribution in [0.5, 0.6) is 0 Å². The van der Waals surface area contributed by atoms with Gasteiger partial charge in [-0.25, -0.2) is 0 Å². The molecule has 1 aromatic rings. The van der Waals surface area contributed by atoms with E-state index >= 15 is 0 Å². The largest absolute Gasteiger partial charge is 0.324 e. The fourth-order valence-electron chi connectivity index (χ4n) is 3.55. The molecule has 0 aromatic heterocycles. The van der Waals surface area contributed by atoms with Gasteiger partial charge >= 0.3 is 0 Å². The minimum Gasteiger partial charge on any atom is -0.324 e. The van der Waals surface area contributed by atoms with Crippen molar-refractivity contribution in [1.82, 2.24) is 4.90 Å². The zero-order valence-corrected chi connectivity index (χ0v) is 14.0. The topological polar surface area (TPSA) is 29.3 Å². The number of likely N-dealkylation sites (tertiary alicyclic amines) is 1. The van der Waals surface area contributed by atoms with E-state index < -0.39 is 0 Å². The molecule has 2 rings (SSSR count). The third-order valence-electron chi connectivity index (χ3n) is 5.15. The van der Waals surface area contributed by atoms with Gasteiger partial charge in [0.25, 0.3) is 0 Å². The molecule has 1 aliphatic rings. The molecule has 2 N–H and O–H groups in total. The number of benzene rings is 1. The van der Waals surface area contributed by atoms with Crippen LogP contribution in [0.2, 0.25) is 0 Å². The van der Waals surface area contributed by atoms with Gasteiger partial charge in [-0.3, -0.25) is 0 Å². The Balaban J connectivity index is 1.82. The van der Waals surface area contributed by atoms with E-state index in [1.807, 2.05) is 0 Å². The maximum atomic E-state index is 6.40. The Kier molecular flexibility index (Phi) is 6.25. The lowest BCUT2D eigenvalue weighted by molar-refractivity contribution is 0.262. The summed E-state index contributed by atoms with van der Waals surface area (Å²) in [6.45, 7) is 10.5. The van der Waals surface area contributed by atoms with Crippen molar-refractivity contribution < 1.29 is 0 Å². The van der Waals surface area contributed by atoms with Crippen LogP contribution in [0.15, 0.2) is 24.3 Å². The van der Waals surface area contributed by atoms with Crippen molar-refractivity contribution in [3.63, 3.8) is 0 Å². The van der Waals surface area contributed by atoms with E-state index in [1.165, 1.54) is 43.5 Å². The van der Waals surface area contributed by atoms with E-state index in [1.54, 1.807) is 0 Å². The number of nitrogens with zero attached hydrogens (tertiary/aromatic N) is 1. The maximum absolute atomic E-state index is 6.40. The average molecular weight is 288 g/mol. The van der Waals surface area contributed by atoms with Crippen LogP contribution in [-0.4, -0.2) is 24.5 Å². The first kappa shape index (κ1) is 16.5. The molecule has 2 unspecified atom stereocenters. The Morgan fingerprint density at radius 1 is 1.19 bits per heavy atom. The zero-order valence-electron chi connectivity index (χ0n) is 14.0. The minimum absolute atomic E-state index is 0.176. The smallest absolute Gasteiger partial charge is 0.0309 e. The summed E-state index contributed by atoms with van der Waals surface area (Å²) in [5, 5.41) is 0. The molecule has 21 heavy (non-hydrogen) atoms. The highest BCUT2D eigenvalue weighted by Gasteiger charge is 2.20. The molecule has 2 nitrogen and oxygen atoms in total. The monoisotopic (exact) mass is 288 g/mol. The lowest BCUT2D eigenvalue weighted by Crippen LogP contribution is -2.29. The first-order chi connectivity index (χ1) is 10.1. The van der Waals surface area contributed by atoms with Gasteiger partial charge in [0, 0.05) is 6.04 Å². The quantitative estimate of drug-likeness (QED) is 0.882. The van der Waals surface area contributed by atoms with E-state index in [0.717, 1.165) is 24.8 Å². The SMILES string of the molecule is Cc1ccccc1C(N)CCN1CCCC(C(C)C)CC1. The van der Waals surface area contributed by atoms with Crippen molar-refractivity contribution >= 4 is 0 Å². The summed E-state index contributed by atoms with van der Waals surface area (Å²) in [4.78, 5) is 2.63. The molecule has 1 saturated heterocycles. The molecule has 1 heterocycles. The molecule has 0 amide bonds. The number of nitrogens with two attached hydrogens (primary N) is 1. The Hall–Kier alpha value is -0.860. The minimum atomic E-state index is 0.176. The van der Waals surface area contributed by atoms with Crippen LogP contribution in [0.25, 0.3) is 0 Å². The van der Waals surface area contributed by atoms with Crippen LogP contribution in [0.4, 0.5) is 0 Å². The predicted octanol–water partition coefficient (Wildman–Crippen LogP) is 4.14. The Morgan fingerprint density at radius 3 is 2.67 bits per heavy atom. The Morgan fingerprint density at radius 2 is 1.95 bits per heavy atom. The summed E-state index contributed by atoms with van der Waals surface area (Å²) in [6.07, 6.45) is 5.18. The van der Waals surface area contributed by atoms with Crippen LogP contribution in [0.1, 0.15) is 56.7 Å². The van der Waals surface area contributed by atoms with Gasteiger partial charge in [0.2, 0.25) is 0 Å². The zero-order chi connectivity index (χ0) is 15.2. The molecule has 0 spiro atoms. The molecule has 0 radical (unpaired) electrons. The average Bonchev–Trinajstić information content (AvgIpc) is 2.71. The standard InChI is InChI=1S/C19H32N2/c1-15(2)17-8-6-12-21(13-10-17)14-11-19(20)18-9-5-4-7-16(18)3/h4-5,7,9,15,17,19H,6,8,10-14,20H2,1-3H3. The van der Waals surface area contributed by atoms with Gasteiger partial charge in [0.05, 0.1) is 0 Å².